The Bertz CT molecular complexity index is 628. The van der Waals surface area contributed by atoms with Crippen molar-refractivity contribution in [2.45, 2.75) is 38.9 Å². The topological polar surface area (TPSA) is 120 Å². The third-order valence-corrected chi connectivity index (χ3v) is 3.71. The average molecular weight is 314 g/mol. The molecule has 8 nitrogen and oxygen atoms in total. The first kappa shape index (κ1) is 15.3. The Hall–Kier alpha value is -2.10. The number of carbonyl (C=O) groups is 1. The van der Waals surface area contributed by atoms with E-state index in [2.05, 4.69) is 20.5 Å². The first-order valence-corrected chi connectivity index (χ1v) is 7.20. The number of nitrogens with two attached hydrogens (primary N) is 1. The third kappa shape index (κ3) is 3.72. The predicted octanol–water partition coefficient (Wildman–Crippen LogP) is 0.943. The van der Waals surface area contributed by atoms with Gasteiger partial charge in [0, 0.05) is 6.42 Å². The molecule has 21 heavy (non-hydrogen) atoms. The monoisotopic (exact) mass is 314 g/mol. The lowest BCUT2D eigenvalue weighted by Crippen LogP contribution is -2.16. The van der Waals surface area contributed by atoms with Crippen molar-refractivity contribution in [3.8, 4) is 0 Å². The van der Waals surface area contributed by atoms with E-state index >= 15 is 0 Å². The largest absolute Gasteiger partial charge is 0.476 e. The first-order valence-electron chi connectivity index (χ1n) is 6.38. The van der Waals surface area contributed by atoms with Crippen LogP contribution in [0.1, 0.15) is 34.5 Å². The predicted molar refractivity (Wildman–Crippen MR) is 73.9 cm³/mol. The van der Waals surface area contributed by atoms with E-state index in [0.29, 0.717) is 28.7 Å². The molecule has 0 aliphatic heterocycles. The van der Waals surface area contributed by atoms with Gasteiger partial charge in [-0.3, -0.25) is 0 Å². The van der Waals surface area contributed by atoms with Crippen molar-refractivity contribution in [1.82, 2.24) is 25.2 Å². The van der Waals surface area contributed by atoms with Gasteiger partial charge in [0.25, 0.3) is 0 Å². The maximum absolute atomic E-state index is 14.0. The summed E-state index contributed by atoms with van der Waals surface area (Å²) in [7, 11) is 0. The number of rotatable bonds is 7. The number of nitrogen functional groups attached to an aromatic ring is 1. The zero-order valence-electron chi connectivity index (χ0n) is 11.4. The molecule has 1 unspecified atom stereocenters. The minimum Gasteiger partial charge on any atom is -0.476 e. The van der Waals surface area contributed by atoms with Crippen LogP contribution in [-0.2, 0) is 19.4 Å². The van der Waals surface area contributed by atoms with Gasteiger partial charge in [0.2, 0.25) is 5.13 Å². The fraction of sp³-hybridized carbons (Fsp3) is 0.545. The van der Waals surface area contributed by atoms with Gasteiger partial charge < -0.3 is 10.8 Å². The Morgan fingerprint density at radius 1 is 1.48 bits per heavy atom. The van der Waals surface area contributed by atoms with Gasteiger partial charge in [0.15, 0.2) is 5.69 Å². The highest BCUT2D eigenvalue weighted by Gasteiger charge is 2.19. The zero-order valence-corrected chi connectivity index (χ0v) is 12.2. The molecular formula is C11H15FN6O2S. The van der Waals surface area contributed by atoms with E-state index < -0.39 is 12.1 Å². The number of aryl methyl sites for hydroxylation is 1. The van der Waals surface area contributed by atoms with Crippen molar-refractivity contribution < 1.29 is 14.3 Å². The number of aromatic nitrogens is 5. The van der Waals surface area contributed by atoms with Gasteiger partial charge in [-0.15, -0.1) is 15.3 Å². The minimum atomic E-state index is -1.18. The number of carboxylic acid groups (broad SMARTS) is 1. The van der Waals surface area contributed by atoms with Crippen LogP contribution < -0.4 is 5.73 Å². The summed E-state index contributed by atoms with van der Waals surface area (Å²) in [6, 6.07) is 0. The number of halogens is 1. The Kier molecular flexibility index (Phi) is 4.78. The molecule has 0 saturated heterocycles. The van der Waals surface area contributed by atoms with E-state index in [-0.39, 0.29) is 18.7 Å². The minimum absolute atomic E-state index is 0.0300. The number of aromatic carboxylic acids is 1. The summed E-state index contributed by atoms with van der Waals surface area (Å²) >= 11 is 1.23. The highest BCUT2D eigenvalue weighted by molar-refractivity contribution is 7.15. The van der Waals surface area contributed by atoms with Crippen LogP contribution in [0.5, 0.6) is 0 Å². The fourth-order valence-electron chi connectivity index (χ4n) is 1.92. The summed E-state index contributed by atoms with van der Waals surface area (Å²) < 4.78 is 15.3. The molecule has 0 amide bonds. The molecule has 0 saturated carbocycles. The summed E-state index contributed by atoms with van der Waals surface area (Å²) in [6.45, 7) is 1.75. The van der Waals surface area contributed by atoms with Crippen LogP contribution in [0.2, 0.25) is 0 Å². The summed E-state index contributed by atoms with van der Waals surface area (Å²) in [6.07, 6.45) is -0.0875. The number of anilines is 1. The molecule has 2 aromatic rings. The van der Waals surface area contributed by atoms with Gasteiger partial charge in [-0.1, -0.05) is 23.5 Å². The highest BCUT2D eigenvalue weighted by Crippen LogP contribution is 2.16. The molecule has 0 bridgehead atoms. The maximum Gasteiger partial charge on any atom is 0.358 e. The lowest BCUT2D eigenvalue weighted by atomic mass is 10.2. The summed E-state index contributed by atoms with van der Waals surface area (Å²) in [5.74, 6) is -1.15. The van der Waals surface area contributed by atoms with Crippen molar-refractivity contribution in [3.63, 3.8) is 0 Å². The van der Waals surface area contributed by atoms with E-state index in [0.717, 1.165) is 0 Å². The van der Waals surface area contributed by atoms with E-state index in [1.165, 1.54) is 16.0 Å². The molecule has 0 fully saturated rings. The van der Waals surface area contributed by atoms with Crippen molar-refractivity contribution in [1.29, 1.82) is 0 Å². The fourth-order valence-corrected chi connectivity index (χ4v) is 2.55. The molecule has 2 heterocycles. The van der Waals surface area contributed by atoms with Crippen LogP contribution in [0, 0.1) is 0 Å². The second-order valence-corrected chi connectivity index (χ2v) is 5.49. The van der Waals surface area contributed by atoms with Crippen LogP contribution in [-0.4, -0.2) is 42.4 Å². The number of hydrogen-bond donors (Lipinski definition) is 2. The number of hydrogen-bond acceptors (Lipinski definition) is 7. The van der Waals surface area contributed by atoms with Gasteiger partial charge in [-0.25, -0.2) is 13.9 Å². The number of nitrogens with zero attached hydrogens (tertiary/aromatic N) is 5. The molecule has 0 radical (unpaired) electrons. The lowest BCUT2D eigenvalue weighted by Gasteiger charge is -2.09. The van der Waals surface area contributed by atoms with Gasteiger partial charge in [0.05, 0.1) is 12.2 Å². The molecule has 0 aliphatic carbocycles. The Balaban J connectivity index is 1.96. The van der Waals surface area contributed by atoms with E-state index in [1.54, 1.807) is 6.92 Å². The first-order chi connectivity index (χ1) is 10.0. The zero-order chi connectivity index (χ0) is 15.4. The van der Waals surface area contributed by atoms with Crippen molar-refractivity contribution >= 4 is 22.4 Å². The highest BCUT2D eigenvalue weighted by atomic mass is 32.1. The molecule has 3 N–H and O–H groups in total. The second-order valence-electron chi connectivity index (χ2n) is 4.40. The summed E-state index contributed by atoms with van der Waals surface area (Å²) in [5, 5.41) is 24.8. The summed E-state index contributed by atoms with van der Waals surface area (Å²) in [4.78, 5) is 11.0. The molecule has 2 rings (SSSR count). The van der Waals surface area contributed by atoms with Crippen LogP contribution in [0.3, 0.4) is 0 Å². The Morgan fingerprint density at radius 3 is 2.81 bits per heavy atom. The molecule has 0 spiro atoms. The van der Waals surface area contributed by atoms with Gasteiger partial charge in [-0.05, 0) is 12.8 Å². The summed E-state index contributed by atoms with van der Waals surface area (Å²) in [5.41, 5.74) is 5.75. The SMILES string of the molecule is CCc1c(C(=O)O)nnn1CC(F)CCc1nnc(N)s1. The van der Waals surface area contributed by atoms with E-state index in [1.807, 2.05) is 0 Å². The molecule has 0 aromatic carbocycles. The Labute approximate surface area is 123 Å². The van der Waals surface area contributed by atoms with Crippen LogP contribution in [0.25, 0.3) is 0 Å². The van der Waals surface area contributed by atoms with Gasteiger partial charge >= 0.3 is 5.97 Å². The quantitative estimate of drug-likeness (QED) is 0.780. The molecule has 0 aliphatic rings. The average Bonchev–Trinajstić information content (AvgIpc) is 3.02. The number of carboxylic acids is 1. The number of alkyl halides is 1. The van der Waals surface area contributed by atoms with Crippen molar-refractivity contribution in [2.75, 3.05) is 5.73 Å². The van der Waals surface area contributed by atoms with Crippen molar-refractivity contribution in [2.24, 2.45) is 0 Å². The normalized spacial score (nSPS) is 12.5. The van der Waals surface area contributed by atoms with Crippen LogP contribution in [0.4, 0.5) is 9.52 Å². The van der Waals surface area contributed by atoms with E-state index in [9.17, 15) is 9.18 Å². The molecule has 114 valence electrons. The molecule has 2 aromatic heterocycles. The van der Waals surface area contributed by atoms with Gasteiger partial charge in [-0.2, -0.15) is 0 Å². The maximum atomic E-state index is 14.0. The lowest BCUT2D eigenvalue weighted by molar-refractivity contribution is 0.0689. The second kappa shape index (κ2) is 6.57. The van der Waals surface area contributed by atoms with Crippen LogP contribution >= 0.6 is 11.3 Å². The molecular weight excluding hydrogens is 299 g/mol. The standard InChI is InChI=1S/C11H15FN6O2S/c1-2-7-9(10(19)20)15-17-18(7)5-6(12)3-4-8-14-16-11(13)21-8/h6H,2-5H2,1H3,(H2,13,16)(H,19,20). The smallest absolute Gasteiger partial charge is 0.358 e. The molecule has 10 heteroatoms. The van der Waals surface area contributed by atoms with Gasteiger partial charge in [0.1, 0.15) is 11.2 Å². The Morgan fingerprint density at radius 2 is 2.24 bits per heavy atom. The van der Waals surface area contributed by atoms with E-state index in [4.69, 9.17) is 10.8 Å². The van der Waals surface area contributed by atoms with Crippen molar-refractivity contribution in [3.05, 3.63) is 16.4 Å². The van der Waals surface area contributed by atoms with Crippen LogP contribution in [0.15, 0.2) is 0 Å². The molecule has 1 atom stereocenters. The third-order valence-electron chi connectivity index (χ3n) is 2.90.